The number of nitrogens with zero attached hydrogens (tertiary/aromatic N) is 1. The van der Waals surface area contributed by atoms with Crippen LogP contribution in [-0.4, -0.2) is 29.8 Å². The van der Waals surface area contributed by atoms with Crippen LogP contribution in [0.4, 0.5) is 0 Å². The summed E-state index contributed by atoms with van der Waals surface area (Å²) in [5.74, 6) is 1.37. The van der Waals surface area contributed by atoms with Gasteiger partial charge in [-0.15, -0.1) is 0 Å². The van der Waals surface area contributed by atoms with E-state index in [1.165, 1.54) is 12.8 Å². The summed E-state index contributed by atoms with van der Waals surface area (Å²) < 4.78 is 5.13. The Labute approximate surface area is 117 Å². The van der Waals surface area contributed by atoms with Gasteiger partial charge in [0.2, 0.25) is 0 Å². The van der Waals surface area contributed by atoms with Gasteiger partial charge in [0, 0.05) is 12.1 Å². The van der Waals surface area contributed by atoms with Crippen molar-refractivity contribution in [2.45, 2.75) is 12.8 Å². The molecule has 3 rings (SSSR count). The van der Waals surface area contributed by atoms with Gasteiger partial charge in [-0.1, -0.05) is 0 Å². The molecule has 2 aromatic rings. The smallest absolute Gasteiger partial charge is 0.255 e. The number of aromatic amines is 1. The molecule has 0 unspecified atom stereocenters. The molecule has 1 aliphatic rings. The Hall–Kier alpha value is -2.30. The first-order valence-corrected chi connectivity index (χ1v) is 6.74. The molecule has 0 saturated heterocycles. The van der Waals surface area contributed by atoms with Gasteiger partial charge in [-0.3, -0.25) is 9.89 Å². The van der Waals surface area contributed by atoms with Gasteiger partial charge in [0.05, 0.1) is 24.6 Å². The highest BCUT2D eigenvalue weighted by Gasteiger charge is 2.23. The second-order valence-corrected chi connectivity index (χ2v) is 5.04. The Kier molecular flexibility index (Phi) is 3.41. The summed E-state index contributed by atoms with van der Waals surface area (Å²) in [5.41, 5.74) is 2.23. The molecule has 1 aromatic carbocycles. The maximum atomic E-state index is 12.2. The zero-order chi connectivity index (χ0) is 13.9. The quantitative estimate of drug-likeness (QED) is 0.876. The minimum Gasteiger partial charge on any atom is -0.497 e. The minimum atomic E-state index is -0.0727. The molecular formula is C15H17N3O2. The van der Waals surface area contributed by atoms with Gasteiger partial charge in [-0.2, -0.15) is 5.10 Å². The lowest BCUT2D eigenvalue weighted by molar-refractivity contribution is 0.0952. The summed E-state index contributed by atoms with van der Waals surface area (Å²) in [5, 5.41) is 9.84. The fourth-order valence-electron chi connectivity index (χ4n) is 2.09. The van der Waals surface area contributed by atoms with E-state index in [4.69, 9.17) is 4.74 Å². The van der Waals surface area contributed by atoms with E-state index < -0.39 is 0 Å². The zero-order valence-corrected chi connectivity index (χ0v) is 11.3. The molecule has 1 heterocycles. The second-order valence-electron chi connectivity index (χ2n) is 5.04. The molecule has 1 aliphatic carbocycles. The van der Waals surface area contributed by atoms with Crippen LogP contribution in [0.2, 0.25) is 0 Å². The summed E-state index contributed by atoms with van der Waals surface area (Å²) in [7, 11) is 1.63. The number of carbonyl (C=O) groups excluding carboxylic acids is 1. The summed E-state index contributed by atoms with van der Waals surface area (Å²) in [4.78, 5) is 12.2. The molecule has 1 saturated carbocycles. The lowest BCUT2D eigenvalue weighted by Gasteiger charge is -2.06. The molecule has 0 bridgehead atoms. The van der Waals surface area contributed by atoms with Crippen molar-refractivity contribution in [1.82, 2.24) is 15.5 Å². The van der Waals surface area contributed by atoms with Gasteiger partial charge in [0.1, 0.15) is 5.75 Å². The van der Waals surface area contributed by atoms with Gasteiger partial charge in [0.25, 0.3) is 5.91 Å². The molecular weight excluding hydrogens is 254 g/mol. The number of rotatable bonds is 5. The van der Waals surface area contributed by atoms with Crippen LogP contribution in [0.15, 0.2) is 30.5 Å². The van der Waals surface area contributed by atoms with E-state index in [-0.39, 0.29) is 5.91 Å². The standard InChI is InChI=1S/C15H17N3O2/c1-20-12-6-4-11(5-7-12)14-13(9-17-18-14)15(19)16-8-10-2-3-10/h4-7,9-10H,2-3,8H2,1H3,(H,16,19)(H,17,18). The largest absolute Gasteiger partial charge is 0.497 e. The summed E-state index contributed by atoms with van der Waals surface area (Å²) >= 11 is 0. The van der Waals surface area contributed by atoms with E-state index in [9.17, 15) is 4.79 Å². The third-order valence-electron chi connectivity index (χ3n) is 3.51. The number of nitrogens with one attached hydrogen (secondary N) is 2. The summed E-state index contributed by atoms with van der Waals surface area (Å²) in [6.07, 6.45) is 4.01. The highest BCUT2D eigenvalue weighted by Crippen LogP contribution is 2.28. The number of benzene rings is 1. The fourth-order valence-corrected chi connectivity index (χ4v) is 2.09. The minimum absolute atomic E-state index is 0.0727. The molecule has 5 nitrogen and oxygen atoms in total. The van der Waals surface area contributed by atoms with E-state index >= 15 is 0 Å². The molecule has 1 amide bonds. The van der Waals surface area contributed by atoms with Gasteiger partial charge < -0.3 is 10.1 Å². The van der Waals surface area contributed by atoms with Gasteiger partial charge in [-0.05, 0) is 43.0 Å². The van der Waals surface area contributed by atoms with E-state index in [2.05, 4.69) is 15.5 Å². The van der Waals surface area contributed by atoms with E-state index in [0.717, 1.165) is 23.6 Å². The predicted molar refractivity (Wildman–Crippen MR) is 75.6 cm³/mol. The average Bonchev–Trinajstić information content (AvgIpc) is 3.19. The van der Waals surface area contributed by atoms with Crippen LogP contribution < -0.4 is 10.1 Å². The highest BCUT2D eigenvalue weighted by molar-refractivity contribution is 5.99. The van der Waals surface area contributed by atoms with E-state index in [1.54, 1.807) is 13.3 Å². The molecule has 0 atom stereocenters. The zero-order valence-electron chi connectivity index (χ0n) is 11.3. The van der Waals surface area contributed by atoms with Gasteiger partial charge >= 0.3 is 0 Å². The van der Waals surface area contributed by atoms with Crippen molar-refractivity contribution in [3.63, 3.8) is 0 Å². The number of aromatic nitrogens is 2. The Morgan fingerprint density at radius 1 is 1.40 bits per heavy atom. The molecule has 104 valence electrons. The monoisotopic (exact) mass is 271 g/mol. The first-order valence-electron chi connectivity index (χ1n) is 6.74. The van der Waals surface area contributed by atoms with Crippen molar-refractivity contribution >= 4 is 5.91 Å². The Balaban J connectivity index is 1.78. The lowest BCUT2D eigenvalue weighted by atomic mass is 10.1. The topological polar surface area (TPSA) is 67.0 Å². The number of ether oxygens (including phenoxy) is 1. The van der Waals surface area contributed by atoms with E-state index in [1.807, 2.05) is 24.3 Å². The number of H-pyrrole nitrogens is 1. The van der Waals surface area contributed by atoms with E-state index in [0.29, 0.717) is 11.5 Å². The number of hydrogen-bond donors (Lipinski definition) is 2. The van der Waals surface area contributed by atoms with Crippen LogP contribution in [0.25, 0.3) is 11.3 Å². The average molecular weight is 271 g/mol. The van der Waals surface area contributed by atoms with Crippen molar-refractivity contribution < 1.29 is 9.53 Å². The molecule has 2 N–H and O–H groups in total. The third-order valence-corrected chi connectivity index (χ3v) is 3.51. The molecule has 0 radical (unpaired) electrons. The van der Waals surface area contributed by atoms with Crippen LogP contribution in [0, 0.1) is 5.92 Å². The van der Waals surface area contributed by atoms with Crippen molar-refractivity contribution in [1.29, 1.82) is 0 Å². The maximum Gasteiger partial charge on any atom is 0.255 e. The molecule has 1 fully saturated rings. The van der Waals surface area contributed by atoms with Gasteiger partial charge in [-0.25, -0.2) is 0 Å². The molecule has 0 aliphatic heterocycles. The Morgan fingerprint density at radius 2 is 2.15 bits per heavy atom. The first kappa shape index (κ1) is 12.7. The molecule has 20 heavy (non-hydrogen) atoms. The van der Waals surface area contributed by atoms with Gasteiger partial charge in [0.15, 0.2) is 0 Å². The lowest BCUT2D eigenvalue weighted by Crippen LogP contribution is -2.25. The normalized spacial score (nSPS) is 14.1. The van der Waals surface area contributed by atoms with Crippen LogP contribution in [0.1, 0.15) is 23.2 Å². The van der Waals surface area contributed by atoms with Crippen LogP contribution in [0.3, 0.4) is 0 Å². The van der Waals surface area contributed by atoms with Crippen LogP contribution in [-0.2, 0) is 0 Å². The number of hydrogen-bond acceptors (Lipinski definition) is 3. The predicted octanol–water partition coefficient (Wildman–Crippen LogP) is 2.23. The summed E-state index contributed by atoms with van der Waals surface area (Å²) in [6, 6.07) is 7.54. The first-order chi connectivity index (χ1) is 9.78. The van der Waals surface area contributed by atoms with Crippen LogP contribution >= 0.6 is 0 Å². The SMILES string of the molecule is COc1ccc(-c2[nH]ncc2C(=O)NCC2CC2)cc1. The maximum absolute atomic E-state index is 12.2. The molecule has 0 spiro atoms. The number of carbonyl (C=O) groups is 1. The third kappa shape index (κ3) is 2.66. The number of methoxy groups -OCH3 is 1. The van der Waals surface area contributed by atoms with Crippen LogP contribution in [0.5, 0.6) is 5.75 Å². The Bertz CT molecular complexity index is 600. The summed E-state index contributed by atoms with van der Waals surface area (Å²) in [6.45, 7) is 0.756. The van der Waals surface area contributed by atoms with Crippen molar-refractivity contribution in [2.75, 3.05) is 13.7 Å². The van der Waals surface area contributed by atoms with Crippen molar-refractivity contribution in [3.05, 3.63) is 36.0 Å². The second kappa shape index (κ2) is 5.36. The Morgan fingerprint density at radius 3 is 2.80 bits per heavy atom. The van der Waals surface area contributed by atoms with Crippen molar-refractivity contribution in [2.24, 2.45) is 5.92 Å². The molecule has 1 aromatic heterocycles. The fraction of sp³-hybridized carbons (Fsp3) is 0.333. The molecule has 5 heteroatoms. The number of amides is 1. The highest BCUT2D eigenvalue weighted by atomic mass is 16.5. The van der Waals surface area contributed by atoms with Crippen molar-refractivity contribution in [3.8, 4) is 17.0 Å².